The third-order valence-corrected chi connectivity index (χ3v) is 2.98. The van der Waals surface area contributed by atoms with Gasteiger partial charge < -0.3 is 15.6 Å². The Morgan fingerprint density at radius 1 is 1.25 bits per heavy atom. The minimum atomic E-state index is -0.260. The lowest BCUT2D eigenvalue weighted by atomic mass is 10.1. The Labute approximate surface area is 117 Å². The fourth-order valence-corrected chi connectivity index (χ4v) is 1.97. The molecule has 0 spiro atoms. The number of benzene rings is 1. The number of anilines is 2. The van der Waals surface area contributed by atoms with Gasteiger partial charge in [0.15, 0.2) is 0 Å². The highest BCUT2D eigenvalue weighted by molar-refractivity contribution is 5.91. The van der Waals surface area contributed by atoms with Crippen LogP contribution >= 0.6 is 0 Å². The number of nitrogen functional groups attached to an aromatic ring is 1. The van der Waals surface area contributed by atoms with Crippen LogP contribution in [0, 0.1) is 13.8 Å². The van der Waals surface area contributed by atoms with Crippen LogP contribution in [0.3, 0.4) is 0 Å². The maximum atomic E-state index is 12.0. The first-order valence-corrected chi connectivity index (χ1v) is 6.29. The molecule has 0 radical (unpaired) electrons. The molecule has 0 aliphatic rings. The number of pyridine rings is 1. The molecule has 0 bridgehead atoms. The summed E-state index contributed by atoms with van der Waals surface area (Å²) in [6.07, 6.45) is 1.46. The molecular formula is C15H17N3O2. The Morgan fingerprint density at radius 2 is 2.00 bits per heavy atom. The third kappa shape index (κ3) is 3.26. The molecule has 5 nitrogen and oxygen atoms in total. The molecule has 2 aromatic rings. The Balaban J connectivity index is 2.13. The number of nitrogens with two attached hydrogens (primary N) is 1. The average molecular weight is 271 g/mol. The Hall–Kier alpha value is -2.56. The van der Waals surface area contributed by atoms with Crippen LogP contribution in [0.25, 0.3) is 0 Å². The number of amides is 1. The van der Waals surface area contributed by atoms with Crippen LogP contribution in [0.1, 0.15) is 11.1 Å². The first-order valence-electron chi connectivity index (χ1n) is 6.29. The van der Waals surface area contributed by atoms with E-state index in [0.29, 0.717) is 5.69 Å². The van der Waals surface area contributed by atoms with Crippen molar-refractivity contribution in [3.8, 4) is 0 Å². The topological polar surface area (TPSA) is 77.1 Å². The zero-order valence-electron chi connectivity index (χ0n) is 11.5. The van der Waals surface area contributed by atoms with Crippen LogP contribution in [0.5, 0.6) is 0 Å². The van der Waals surface area contributed by atoms with Crippen molar-refractivity contribution in [2.45, 2.75) is 20.4 Å². The molecule has 3 N–H and O–H groups in total. The number of rotatable bonds is 3. The number of hydrogen-bond acceptors (Lipinski definition) is 3. The molecule has 1 aromatic heterocycles. The summed E-state index contributed by atoms with van der Waals surface area (Å²) < 4.78 is 1.29. The van der Waals surface area contributed by atoms with Crippen molar-refractivity contribution in [3.05, 3.63) is 58.0 Å². The van der Waals surface area contributed by atoms with Gasteiger partial charge in [-0.05, 0) is 31.5 Å². The minimum absolute atomic E-state index is 0.0583. The maximum absolute atomic E-state index is 12.0. The largest absolute Gasteiger partial charge is 0.398 e. The molecule has 2 rings (SSSR count). The van der Waals surface area contributed by atoms with Gasteiger partial charge in [0.05, 0.1) is 0 Å². The van der Waals surface area contributed by atoms with E-state index in [1.165, 1.54) is 22.9 Å². The number of aryl methyl sites for hydroxylation is 2. The zero-order valence-corrected chi connectivity index (χ0v) is 11.5. The molecule has 0 saturated heterocycles. The molecule has 1 heterocycles. The molecule has 104 valence electrons. The summed E-state index contributed by atoms with van der Waals surface area (Å²) >= 11 is 0. The predicted molar refractivity (Wildman–Crippen MR) is 79.7 cm³/mol. The van der Waals surface area contributed by atoms with Crippen LogP contribution < -0.4 is 16.6 Å². The summed E-state index contributed by atoms with van der Waals surface area (Å²) in [4.78, 5) is 23.6. The first-order chi connectivity index (χ1) is 9.45. The van der Waals surface area contributed by atoms with Gasteiger partial charge in [0, 0.05) is 23.6 Å². The minimum Gasteiger partial charge on any atom is -0.398 e. The van der Waals surface area contributed by atoms with E-state index in [4.69, 9.17) is 5.73 Å². The van der Waals surface area contributed by atoms with Gasteiger partial charge in [-0.25, -0.2) is 0 Å². The monoisotopic (exact) mass is 271 g/mol. The molecule has 0 atom stereocenters. The molecule has 0 aliphatic heterocycles. The van der Waals surface area contributed by atoms with Crippen molar-refractivity contribution in [1.29, 1.82) is 0 Å². The molecule has 20 heavy (non-hydrogen) atoms. The van der Waals surface area contributed by atoms with E-state index in [9.17, 15) is 9.59 Å². The Morgan fingerprint density at radius 3 is 2.70 bits per heavy atom. The smallest absolute Gasteiger partial charge is 0.251 e. The van der Waals surface area contributed by atoms with E-state index < -0.39 is 0 Å². The Bertz CT molecular complexity index is 705. The number of carbonyl (C=O) groups is 1. The van der Waals surface area contributed by atoms with Crippen LogP contribution in [0.15, 0.2) is 41.3 Å². The lowest BCUT2D eigenvalue weighted by Gasteiger charge is -2.10. The van der Waals surface area contributed by atoms with E-state index >= 15 is 0 Å². The van der Waals surface area contributed by atoms with Crippen LogP contribution in [0.2, 0.25) is 0 Å². The Kier molecular flexibility index (Phi) is 3.89. The highest BCUT2D eigenvalue weighted by Gasteiger charge is 2.07. The van der Waals surface area contributed by atoms with Gasteiger partial charge in [0.2, 0.25) is 5.91 Å². The van der Waals surface area contributed by atoms with Gasteiger partial charge in [0.25, 0.3) is 5.56 Å². The van der Waals surface area contributed by atoms with E-state index in [2.05, 4.69) is 5.32 Å². The van der Waals surface area contributed by atoms with Crippen LogP contribution in [0.4, 0.5) is 11.4 Å². The number of carbonyl (C=O) groups excluding carboxylic acids is 1. The van der Waals surface area contributed by atoms with Crippen molar-refractivity contribution in [2.75, 3.05) is 11.1 Å². The molecule has 0 fully saturated rings. The van der Waals surface area contributed by atoms with Gasteiger partial charge in [-0.15, -0.1) is 0 Å². The second-order valence-corrected chi connectivity index (χ2v) is 4.80. The molecule has 0 saturated carbocycles. The number of nitrogens with zero attached hydrogens (tertiary/aromatic N) is 1. The van der Waals surface area contributed by atoms with Gasteiger partial charge in [-0.3, -0.25) is 9.59 Å². The number of nitrogens with one attached hydrogen (secondary N) is 1. The SMILES string of the molecule is Cc1ccc(NC(=O)Cn2cc(N)ccc2=O)c(C)c1. The summed E-state index contributed by atoms with van der Waals surface area (Å²) in [6.45, 7) is 3.86. The van der Waals surface area contributed by atoms with Crippen LogP contribution in [-0.2, 0) is 11.3 Å². The molecule has 0 aliphatic carbocycles. The lowest BCUT2D eigenvalue weighted by Crippen LogP contribution is -2.27. The fourth-order valence-electron chi connectivity index (χ4n) is 1.97. The summed E-state index contributed by atoms with van der Waals surface area (Å²) in [7, 11) is 0. The van der Waals surface area contributed by atoms with Crippen molar-refractivity contribution in [1.82, 2.24) is 4.57 Å². The van der Waals surface area contributed by atoms with Crippen molar-refractivity contribution in [3.63, 3.8) is 0 Å². The molecule has 0 unspecified atom stereocenters. The second-order valence-electron chi connectivity index (χ2n) is 4.80. The highest BCUT2D eigenvalue weighted by atomic mass is 16.2. The zero-order chi connectivity index (χ0) is 14.7. The normalized spacial score (nSPS) is 10.3. The van der Waals surface area contributed by atoms with E-state index in [1.54, 1.807) is 0 Å². The molecular weight excluding hydrogens is 254 g/mol. The lowest BCUT2D eigenvalue weighted by molar-refractivity contribution is -0.116. The predicted octanol–water partition coefficient (Wildman–Crippen LogP) is 1.69. The van der Waals surface area contributed by atoms with Crippen molar-refractivity contribution < 1.29 is 4.79 Å². The first kappa shape index (κ1) is 13.9. The number of aromatic nitrogens is 1. The van der Waals surface area contributed by atoms with Crippen molar-refractivity contribution >= 4 is 17.3 Å². The van der Waals surface area contributed by atoms with Gasteiger partial charge >= 0.3 is 0 Å². The van der Waals surface area contributed by atoms with Gasteiger partial charge in [-0.1, -0.05) is 17.7 Å². The molecule has 5 heteroatoms. The summed E-state index contributed by atoms with van der Waals surface area (Å²) in [5.74, 6) is -0.260. The van der Waals surface area contributed by atoms with Gasteiger partial charge in [-0.2, -0.15) is 0 Å². The fraction of sp³-hybridized carbons (Fsp3) is 0.200. The van der Waals surface area contributed by atoms with Crippen LogP contribution in [-0.4, -0.2) is 10.5 Å². The maximum Gasteiger partial charge on any atom is 0.251 e. The average Bonchev–Trinajstić information content (AvgIpc) is 2.37. The van der Waals surface area contributed by atoms with E-state index in [0.717, 1.165) is 16.8 Å². The third-order valence-electron chi connectivity index (χ3n) is 2.98. The summed E-state index contributed by atoms with van der Waals surface area (Å²) in [6, 6.07) is 8.63. The second kappa shape index (κ2) is 5.61. The highest BCUT2D eigenvalue weighted by Crippen LogP contribution is 2.15. The van der Waals surface area contributed by atoms with E-state index in [-0.39, 0.29) is 18.0 Å². The quantitative estimate of drug-likeness (QED) is 0.891. The van der Waals surface area contributed by atoms with E-state index in [1.807, 2.05) is 32.0 Å². The van der Waals surface area contributed by atoms with Crippen molar-refractivity contribution in [2.24, 2.45) is 0 Å². The standard InChI is InChI=1S/C15H17N3O2/c1-10-3-5-13(11(2)7-10)17-14(19)9-18-8-12(16)4-6-15(18)20/h3-8H,9,16H2,1-2H3,(H,17,19). The summed E-state index contributed by atoms with van der Waals surface area (Å²) in [5.41, 5.74) is 8.66. The molecule has 1 aromatic carbocycles. The number of hydrogen-bond donors (Lipinski definition) is 2. The summed E-state index contributed by atoms with van der Waals surface area (Å²) in [5, 5.41) is 2.79. The van der Waals surface area contributed by atoms with Gasteiger partial charge in [0.1, 0.15) is 6.54 Å². The molecule has 1 amide bonds.